The Labute approximate surface area is 105 Å². The van der Waals surface area contributed by atoms with Crippen molar-refractivity contribution in [2.45, 2.75) is 12.8 Å². The topological polar surface area (TPSA) is 97.5 Å². The fourth-order valence-electron chi connectivity index (χ4n) is 1.94. The van der Waals surface area contributed by atoms with Crippen LogP contribution >= 0.6 is 0 Å². The number of nitrogens with two attached hydrogens (primary N) is 1. The lowest BCUT2D eigenvalue weighted by Crippen LogP contribution is -2.23. The number of carbonyl (C=O) groups is 1. The number of anilines is 2. The fourth-order valence-corrected chi connectivity index (χ4v) is 1.94. The Morgan fingerprint density at radius 2 is 2.28 bits per heavy atom. The van der Waals surface area contributed by atoms with E-state index in [1.165, 1.54) is 12.3 Å². The van der Waals surface area contributed by atoms with Crippen LogP contribution in [0, 0.1) is 5.92 Å². The summed E-state index contributed by atoms with van der Waals surface area (Å²) in [5, 5.41) is 12.0. The molecule has 18 heavy (non-hydrogen) atoms. The van der Waals surface area contributed by atoms with E-state index in [2.05, 4.69) is 10.3 Å². The van der Waals surface area contributed by atoms with Gasteiger partial charge in [-0.25, -0.2) is 9.78 Å². The molecule has 1 saturated heterocycles. The van der Waals surface area contributed by atoms with E-state index in [1.807, 2.05) is 0 Å². The lowest BCUT2D eigenvalue weighted by molar-refractivity contribution is 0.0693. The van der Waals surface area contributed by atoms with Crippen LogP contribution in [0.4, 0.5) is 11.5 Å². The molecule has 1 aromatic rings. The summed E-state index contributed by atoms with van der Waals surface area (Å²) in [6.45, 7) is 2.38. The molecule has 0 saturated carbocycles. The summed E-state index contributed by atoms with van der Waals surface area (Å²) in [4.78, 5) is 14.8. The van der Waals surface area contributed by atoms with Gasteiger partial charge >= 0.3 is 5.97 Å². The number of ether oxygens (including phenoxy) is 1. The van der Waals surface area contributed by atoms with Crippen molar-refractivity contribution in [3.05, 3.63) is 17.8 Å². The Bertz CT molecular complexity index is 431. The van der Waals surface area contributed by atoms with E-state index in [4.69, 9.17) is 15.6 Å². The second kappa shape index (κ2) is 5.68. The highest BCUT2D eigenvalue weighted by atomic mass is 16.5. The monoisotopic (exact) mass is 251 g/mol. The first kappa shape index (κ1) is 12.6. The standard InChI is InChI=1S/C12H17N3O3/c13-10-5-9(12(16)17)7-15-11(10)14-6-8-1-3-18-4-2-8/h5,7-8H,1-4,6,13H2,(H,14,15)(H,16,17). The summed E-state index contributed by atoms with van der Waals surface area (Å²) in [6.07, 6.45) is 3.37. The number of nitrogens with zero attached hydrogens (tertiary/aromatic N) is 1. The smallest absolute Gasteiger partial charge is 0.337 e. The molecule has 6 nitrogen and oxygen atoms in total. The van der Waals surface area contributed by atoms with Gasteiger partial charge in [-0.05, 0) is 24.8 Å². The van der Waals surface area contributed by atoms with Crippen LogP contribution in [0.2, 0.25) is 0 Å². The molecule has 1 fully saturated rings. The van der Waals surface area contributed by atoms with Gasteiger partial charge in [0.1, 0.15) is 5.82 Å². The molecule has 2 heterocycles. The maximum Gasteiger partial charge on any atom is 0.337 e. The molecule has 1 aromatic heterocycles. The normalized spacial score (nSPS) is 16.4. The van der Waals surface area contributed by atoms with Gasteiger partial charge in [0, 0.05) is 26.0 Å². The molecule has 0 atom stereocenters. The van der Waals surface area contributed by atoms with Gasteiger partial charge in [-0.15, -0.1) is 0 Å². The summed E-state index contributed by atoms with van der Waals surface area (Å²) in [6, 6.07) is 1.42. The highest BCUT2D eigenvalue weighted by Gasteiger charge is 2.14. The van der Waals surface area contributed by atoms with Crippen molar-refractivity contribution in [1.29, 1.82) is 0 Å². The number of nitrogens with one attached hydrogen (secondary N) is 1. The lowest BCUT2D eigenvalue weighted by Gasteiger charge is -2.22. The average Bonchev–Trinajstić information content (AvgIpc) is 2.38. The number of aromatic carboxylic acids is 1. The highest BCUT2D eigenvalue weighted by molar-refractivity contribution is 5.89. The summed E-state index contributed by atoms with van der Waals surface area (Å²) in [5.41, 5.74) is 6.23. The molecule has 0 spiro atoms. The SMILES string of the molecule is Nc1cc(C(=O)O)cnc1NCC1CCOCC1. The number of aromatic nitrogens is 1. The van der Waals surface area contributed by atoms with Crippen molar-refractivity contribution in [3.63, 3.8) is 0 Å². The first-order valence-corrected chi connectivity index (χ1v) is 5.97. The van der Waals surface area contributed by atoms with Crippen molar-refractivity contribution in [1.82, 2.24) is 4.98 Å². The number of nitrogen functional groups attached to an aromatic ring is 1. The van der Waals surface area contributed by atoms with Crippen LogP contribution in [0.5, 0.6) is 0 Å². The quantitative estimate of drug-likeness (QED) is 0.744. The number of carboxylic acid groups (broad SMARTS) is 1. The fraction of sp³-hybridized carbons (Fsp3) is 0.500. The van der Waals surface area contributed by atoms with E-state index >= 15 is 0 Å². The molecule has 6 heteroatoms. The van der Waals surface area contributed by atoms with Crippen LogP contribution < -0.4 is 11.1 Å². The largest absolute Gasteiger partial charge is 0.478 e. The van der Waals surface area contributed by atoms with Gasteiger partial charge in [0.25, 0.3) is 0 Å². The number of hydrogen-bond acceptors (Lipinski definition) is 5. The first-order valence-electron chi connectivity index (χ1n) is 5.97. The van der Waals surface area contributed by atoms with Crippen LogP contribution in [-0.4, -0.2) is 35.8 Å². The van der Waals surface area contributed by atoms with Crippen LogP contribution in [0.3, 0.4) is 0 Å². The van der Waals surface area contributed by atoms with E-state index in [9.17, 15) is 4.79 Å². The number of carboxylic acids is 1. The maximum atomic E-state index is 10.7. The molecule has 98 valence electrons. The van der Waals surface area contributed by atoms with Gasteiger partial charge in [0.05, 0.1) is 11.3 Å². The second-order valence-corrected chi connectivity index (χ2v) is 4.40. The third-order valence-corrected chi connectivity index (χ3v) is 3.06. The highest BCUT2D eigenvalue weighted by Crippen LogP contribution is 2.19. The predicted molar refractivity (Wildman–Crippen MR) is 67.6 cm³/mol. The molecule has 0 bridgehead atoms. The molecule has 0 radical (unpaired) electrons. The van der Waals surface area contributed by atoms with E-state index in [0.717, 1.165) is 32.6 Å². The summed E-state index contributed by atoms with van der Waals surface area (Å²) < 4.78 is 5.28. The van der Waals surface area contributed by atoms with Crippen molar-refractivity contribution >= 4 is 17.5 Å². The molecular formula is C12H17N3O3. The lowest BCUT2D eigenvalue weighted by atomic mass is 10.0. The molecule has 4 N–H and O–H groups in total. The Morgan fingerprint density at radius 1 is 1.56 bits per heavy atom. The van der Waals surface area contributed by atoms with E-state index in [1.54, 1.807) is 0 Å². The molecular weight excluding hydrogens is 234 g/mol. The minimum absolute atomic E-state index is 0.101. The summed E-state index contributed by atoms with van der Waals surface area (Å²) >= 11 is 0. The van der Waals surface area contributed by atoms with E-state index in [0.29, 0.717) is 17.4 Å². The zero-order valence-electron chi connectivity index (χ0n) is 10.1. The van der Waals surface area contributed by atoms with Gasteiger partial charge in [-0.1, -0.05) is 0 Å². The molecule has 0 aliphatic carbocycles. The van der Waals surface area contributed by atoms with Gasteiger partial charge in [0.2, 0.25) is 0 Å². The second-order valence-electron chi connectivity index (χ2n) is 4.40. The van der Waals surface area contributed by atoms with Crippen molar-refractivity contribution in [2.24, 2.45) is 5.92 Å². The van der Waals surface area contributed by atoms with Crippen LogP contribution in [0.15, 0.2) is 12.3 Å². The van der Waals surface area contributed by atoms with Crippen molar-refractivity contribution in [3.8, 4) is 0 Å². The summed E-state index contributed by atoms with van der Waals surface area (Å²) in [5.74, 6) is 0.0794. The molecule has 0 amide bonds. The minimum Gasteiger partial charge on any atom is -0.478 e. The predicted octanol–water partition coefficient (Wildman–Crippen LogP) is 1.20. The average molecular weight is 251 g/mol. The number of hydrogen-bond donors (Lipinski definition) is 3. The van der Waals surface area contributed by atoms with E-state index in [-0.39, 0.29) is 5.56 Å². The number of rotatable bonds is 4. The molecule has 1 aliphatic heterocycles. The maximum absolute atomic E-state index is 10.7. The Hall–Kier alpha value is -1.82. The molecule has 0 unspecified atom stereocenters. The Balaban J connectivity index is 1.94. The van der Waals surface area contributed by atoms with Crippen molar-refractivity contribution < 1.29 is 14.6 Å². The third-order valence-electron chi connectivity index (χ3n) is 3.06. The first-order chi connectivity index (χ1) is 8.66. The number of pyridine rings is 1. The van der Waals surface area contributed by atoms with Crippen LogP contribution in [-0.2, 0) is 4.74 Å². The Kier molecular flexibility index (Phi) is 3.99. The van der Waals surface area contributed by atoms with Gasteiger partial charge in [0.15, 0.2) is 0 Å². The summed E-state index contributed by atoms with van der Waals surface area (Å²) in [7, 11) is 0. The molecule has 0 aromatic carbocycles. The van der Waals surface area contributed by atoms with Crippen LogP contribution in [0.1, 0.15) is 23.2 Å². The third kappa shape index (κ3) is 3.10. The zero-order chi connectivity index (χ0) is 13.0. The zero-order valence-corrected chi connectivity index (χ0v) is 10.1. The van der Waals surface area contributed by atoms with Gasteiger partial charge in [-0.2, -0.15) is 0 Å². The van der Waals surface area contributed by atoms with Gasteiger partial charge < -0.3 is 20.9 Å². The van der Waals surface area contributed by atoms with Gasteiger partial charge in [-0.3, -0.25) is 0 Å². The van der Waals surface area contributed by atoms with Crippen LogP contribution in [0.25, 0.3) is 0 Å². The molecule has 1 aliphatic rings. The van der Waals surface area contributed by atoms with E-state index < -0.39 is 5.97 Å². The van der Waals surface area contributed by atoms with Crippen molar-refractivity contribution in [2.75, 3.05) is 30.8 Å². The Morgan fingerprint density at radius 3 is 2.89 bits per heavy atom. The molecule has 2 rings (SSSR count). The minimum atomic E-state index is -1.02.